The van der Waals surface area contributed by atoms with Gasteiger partial charge < -0.3 is 15.7 Å². The number of hydrogen-bond acceptors (Lipinski definition) is 5. The molecule has 0 aliphatic heterocycles. The number of guanidine groups is 1. The molecule has 1 heterocycles. The predicted molar refractivity (Wildman–Crippen MR) is 138 cm³/mol. The van der Waals surface area contributed by atoms with E-state index < -0.39 is 16.1 Å². The fraction of sp³-hybridized carbons (Fsp3) is 0.286. The van der Waals surface area contributed by atoms with E-state index in [9.17, 15) is 13.5 Å². The number of nitrogens with one attached hydrogen (secondary N) is 2. The first-order chi connectivity index (χ1) is 14.3. The minimum absolute atomic E-state index is 0. The van der Waals surface area contributed by atoms with Crippen LogP contribution in [0.25, 0.3) is 10.1 Å². The highest BCUT2D eigenvalue weighted by molar-refractivity contribution is 14.0. The van der Waals surface area contributed by atoms with E-state index in [0.29, 0.717) is 11.5 Å². The Morgan fingerprint density at radius 1 is 1.13 bits per heavy atom. The van der Waals surface area contributed by atoms with Crippen LogP contribution >= 0.6 is 35.3 Å². The van der Waals surface area contributed by atoms with Gasteiger partial charge in [-0.25, -0.2) is 12.7 Å². The molecule has 31 heavy (non-hydrogen) atoms. The Morgan fingerprint density at radius 2 is 1.81 bits per heavy atom. The summed E-state index contributed by atoms with van der Waals surface area (Å²) in [7, 11) is 1.10. The highest BCUT2D eigenvalue weighted by Crippen LogP contribution is 2.29. The molecule has 0 aliphatic carbocycles. The van der Waals surface area contributed by atoms with Gasteiger partial charge in [0.25, 0.3) is 0 Å². The average molecular weight is 575 g/mol. The van der Waals surface area contributed by atoms with Crippen LogP contribution < -0.4 is 10.6 Å². The molecule has 0 radical (unpaired) electrons. The number of rotatable bonds is 7. The summed E-state index contributed by atoms with van der Waals surface area (Å²) >= 11 is 1.56. The Bertz CT molecular complexity index is 1110. The zero-order valence-corrected chi connectivity index (χ0v) is 21.5. The number of benzene rings is 2. The second-order valence-corrected chi connectivity index (χ2v) is 10.1. The average Bonchev–Trinajstić information content (AvgIpc) is 3.18. The van der Waals surface area contributed by atoms with Crippen molar-refractivity contribution in [2.24, 2.45) is 4.99 Å². The standard InChI is InChI=1S/C21H26N4O3S2.HI/c1-22-21(23-13-16-9-5-7-11-20(16)30(27,28)25(2)3)24-14-17(26)19-12-15-8-4-6-10-18(15)29-19;/h4-12,17,26H,13-14H2,1-3H3,(H2,22,23,24);1H. The summed E-state index contributed by atoms with van der Waals surface area (Å²) in [5, 5.41) is 17.9. The summed E-state index contributed by atoms with van der Waals surface area (Å²) in [5.41, 5.74) is 0.638. The SMILES string of the molecule is CN=C(NCc1ccccc1S(=O)(=O)N(C)C)NCC(O)c1cc2ccccc2s1.I. The lowest BCUT2D eigenvalue weighted by molar-refractivity contribution is 0.184. The number of nitrogens with zero attached hydrogens (tertiary/aromatic N) is 2. The van der Waals surface area contributed by atoms with Gasteiger partial charge in [-0.1, -0.05) is 36.4 Å². The minimum Gasteiger partial charge on any atom is -0.386 e. The molecule has 7 nitrogen and oxygen atoms in total. The van der Waals surface area contributed by atoms with E-state index >= 15 is 0 Å². The van der Waals surface area contributed by atoms with Crippen molar-refractivity contribution in [3.8, 4) is 0 Å². The van der Waals surface area contributed by atoms with Gasteiger partial charge in [0.15, 0.2) is 5.96 Å². The Morgan fingerprint density at radius 3 is 2.48 bits per heavy atom. The van der Waals surface area contributed by atoms with E-state index in [1.54, 1.807) is 42.6 Å². The van der Waals surface area contributed by atoms with Crippen LogP contribution in [-0.4, -0.2) is 51.5 Å². The van der Waals surface area contributed by atoms with Crippen molar-refractivity contribution in [3.63, 3.8) is 0 Å². The number of sulfonamides is 1. The molecule has 0 aliphatic rings. The monoisotopic (exact) mass is 574 g/mol. The molecule has 0 amide bonds. The zero-order chi connectivity index (χ0) is 21.7. The normalized spacial score (nSPS) is 13.1. The summed E-state index contributed by atoms with van der Waals surface area (Å²) < 4.78 is 27.4. The first kappa shape index (κ1) is 25.5. The Balaban J connectivity index is 0.00000341. The van der Waals surface area contributed by atoms with E-state index in [4.69, 9.17) is 0 Å². The Hall–Kier alpha value is -1.73. The highest BCUT2D eigenvalue weighted by atomic mass is 127. The number of halogens is 1. The number of fused-ring (bicyclic) bond motifs is 1. The van der Waals surface area contributed by atoms with Crippen LogP contribution in [0, 0.1) is 0 Å². The van der Waals surface area contributed by atoms with Crippen molar-refractivity contribution in [3.05, 3.63) is 65.0 Å². The first-order valence-corrected chi connectivity index (χ1v) is 11.7. The number of aliphatic hydroxyl groups excluding tert-OH is 1. The van der Waals surface area contributed by atoms with Crippen LogP contribution in [0.2, 0.25) is 0 Å². The van der Waals surface area contributed by atoms with Gasteiger partial charge in [-0.3, -0.25) is 4.99 Å². The number of aliphatic imine (C=N–C) groups is 1. The summed E-state index contributed by atoms with van der Waals surface area (Å²) in [6.45, 7) is 0.562. The molecule has 0 fully saturated rings. The van der Waals surface area contributed by atoms with Crippen molar-refractivity contribution >= 4 is 61.4 Å². The number of aliphatic hydroxyl groups is 1. The Kier molecular flexibility index (Phi) is 9.25. The molecule has 1 unspecified atom stereocenters. The number of thiophene rings is 1. The topological polar surface area (TPSA) is 94.0 Å². The van der Waals surface area contributed by atoms with Gasteiger partial charge in [-0.05, 0) is 29.1 Å². The van der Waals surface area contributed by atoms with Gasteiger partial charge in [0.05, 0.1) is 4.90 Å². The first-order valence-electron chi connectivity index (χ1n) is 9.44. The largest absolute Gasteiger partial charge is 0.386 e. The van der Waals surface area contributed by atoms with Gasteiger partial charge in [-0.2, -0.15) is 0 Å². The van der Waals surface area contributed by atoms with E-state index in [1.165, 1.54) is 18.4 Å². The number of hydrogen-bond donors (Lipinski definition) is 3. The van der Waals surface area contributed by atoms with Crippen molar-refractivity contribution in [2.45, 2.75) is 17.5 Å². The molecule has 2 aromatic carbocycles. The fourth-order valence-corrected chi connectivity index (χ4v) is 5.12. The van der Waals surface area contributed by atoms with E-state index in [1.807, 2.05) is 30.3 Å². The van der Waals surface area contributed by atoms with Crippen LogP contribution in [0.5, 0.6) is 0 Å². The highest BCUT2D eigenvalue weighted by Gasteiger charge is 2.20. The van der Waals surface area contributed by atoms with Crippen molar-refractivity contribution in [1.82, 2.24) is 14.9 Å². The van der Waals surface area contributed by atoms with Crippen molar-refractivity contribution < 1.29 is 13.5 Å². The fourth-order valence-electron chi connectivity index (χ4n) is 2.96. The summed E-state index contributed by atoms with van der Waals surface area (Å²) in [5.74, 6) is 0.479. The third-order valence-corrected chi connectivity index (χ3v) is 7.77. The molecule has 3 aromatic rings. The van der Waals surface area contributed by atoms with Gasteiger partial charge in [0, 0.05) is 43.8 Å². The summed E-state index contributed by atoms with van der Waals surface area (Å²) in [6.07, 6.45) is -0.678. The van der Waals surface area contributed by atoms with Gasteiger partial charge in [-0.15, -0.1) is 35.3 Å². The molecule has 1 aromatic heterocycles. The molecular formula is C21H27IN4O3S2. The minimum atomic E-state index is -3.54. The third-order valence-electron chi connectivity index (χ3n) is 4.64. The molecule has 3 rings (SSSR count). The lowest BCUT2D eigenvalue weighted by Gasteiger charge is -2.17. The molecule has 3 N–H and O–H groups in total. The second kappa shape index (κ2) is 11.2. The van der Waals surface area contributed by atoms with Crippen LogP contribution in [0.3, 0.4) is 0 Å². The van der Waals surface area contributed by atoms with Crippen LogP contribution in [-0.2, 0) is 16.6 Å². The van der Waals surface area contributed by atoms with Gasteiger partial charge in [0.1, 0.15) is 6.10 Å². The van der Waals surface area contributed by atoms with Crippen molar-refractivity contribution in [2.75, 3.05) is 27.7 Å². The van der Waals surface area contributed by atoms with E-state index in [0.717, 1.165) is 15.0 Å². The third kappa shape index (κ3) is 6.16. The predicted octanol–water partition coefficient (Wildman–Crippen LogP) is 3.17. The maximum Gasteiger partial charge on any atom is 0.242 e. The van der Waals surface area contributed by atoms with Crippen LogP contribution in [0.15, 0.2) is 64.5 Å². The quantitative estimate of drug-likeness (QED) is 0.229. The van der Waals surface area contributed by atoms with E-state index in [2.05, 4.69) is 15.6 Å². The van der Waals surface area contributed by atoms with Crippen LogP contribution in [0.1, 0.15) is 16.5 Å². The molecule has 10 heteroatoms. The smallest absolute Gasteiger partial charge is 0.242 e. The summed E-state index contributed by atoms with van der Waals surface area (Å²) in [4.78, 5) is 5.29. The molecule has 0 saturated heterocycles. The van der Waals surface area contributed by atoms with Crippen LogP contribution in [0.4, 0.5) is 0 Å². The lowest BCUT2D eigenvalue weighted by atomic mass is 10.2. The van der Waals surface area contributed by atoms with Crippen molar-refractivity contribution in [1.29, 1.82) is 0 Å². The van der Waals surface area contributed by atoms with Gasteiger partial charge in [0.2, 0.25) is 10.0 Å². The molecule has 168 valence electrons. The maximum atomic E-state index is 12.5. The second-order valence-electron chi connectivity index (χ2n) is 6.90. The Labute approximate surface area is 204 Å². The molecular weight excluding hydrogens is 547 g/mol. The molecule has 0 bridgehead atoms. The van der Waals surface area contributed by atoms with E-state index in [-0.39, 0.29) is 42.0 Å². The maximum absolute atomic E-state index is 12.5. The van der Waals surface area contributed by atoms with Gasteiger partial charge >= 0.3 is 0 Å². The molecule has 0 spiro atoms. The molecule has 1 atom stereocenters. The zero-order valence-electron chi connectivity index (χ0n) is 17.6. The summed E-state index contributed by atoms with van der Waals surface area (Å²) in [6, 6.07) is 16.9. The lowest BCUT2D eigenvalue weighted by Crippen LogP contribution is -2.39. The molecule has 0 saturated carbocycles.